The van der Waals surface area contributed by atoms with Gasteiger partial charge in [0.1, 0.15) is 5.56 Å². The zero-order valence-corrected chi connectivity index (χ0v) is 16.6. The van der Waals surface area contributed by atoms with Gasteiger partial charge in [-0.1, -0.05) is 13.8 Å². The first-order valence-corrected chi connectivity index (χ1v) is 9.30. The summed E-state index contributed by atoms with van der Waals surface area (Å²) in [5.41, 5.74) is 4.32. The van der Waals surface area contributed by atoms with Crippen LogP contribution in [0.15, 0.2) is 6.07 Å². The number of fused-ring (bicyclic) bond motifs is 2. The molecule has 1 saturated heterocycles. The summed E-state index contributed by atoms with van der Waals surface area (Å²) < 4.78 is 7.31. The highest BCUT2D eigenvalue weighted by molar-refractivity contribution is 6.01. The van der Waals surface area contributed by atoms with Crippen LogP contribution in [0.5, 0.6) is 0 Å². The van der Waals surface area contributed by atoms with Crippen molar-refractivity contribution in [2.24, 2.45) is 16.7 Å². The lowest BCUT2D eigenvalue weighted by Crippen LogP contribution is -2.55. The van der Waals surface area contributed by atoms with Crippen molar-refractivity contribution in [3.05, 3.63) is 28.7 Å². The summed E-state index contributed by atoms with van der Waals surface area (Å²) in [4.78, 5) is 20.0. The highest BCUT2D eigenvalue weighted by atomic mass is 16.5. The van der Waals surface area contributed by atoms with E-state index in [1.54, 1.807) is 11.6 Å². The van der Waals surface area contributed by atoms with Crippen molar-refractivity contribution in [1.29, 1.82) is 0 Å². The van der Waals surface area contributed by atoms with Crippen LogP contribution in [-0.2, 0) is 4.74 Å². The van der Waals surface area contributed by atoms with Gasteiger partial charge >= 0.3 is 0 Å². The number of amides is 1. The number of hydrogen-bond donors (Lipinski definition) is 0. The van der Waals surface area contributed by atoms with Crippen LogP contribution in [0, 0.1) is 37.5 Å². The second-order valence-corrected chi connectivity index (χ2v) is 8.93. The lowest BCUT2D eigenvalue weighted by molar-refractivity contribution is -0.107. The van der Waals surface area contributed by atoms with Crippen molar-refractivity contribution in [3.8, 4) is 0 Å². The summed E-state index contributed by atoms with van der Waals surface area (Å²) in [6.07, 6.45) is 1.10. The Kier molecular flexibility index (Phi) is 3.71. The monoisotopic (exact) mass is 356 g/mol. The van der Waals surface area contributed by atoms with Crippen molar-refractivity contribution in [3.63, 3.8) is 0 Å². The molecule has 4 rings (SSSR count). The second-order valence-electron chi connectivity index (χ2n) is 8.93. The van der Waals surface area contributed by atoms with Crippen molar-refractivity contribution in [2.45, 2.75) is 41.0 Å². The summed E-state index contributed by atoms with van der Waals surface area (Å²) in [7, 11) is 1.76. The van der Waals surface area contributed by atoms with Gasteiger partial charge in [-0.15, -0.1) is 0 Å². The molecule has 26 heavy (non-hydrogen) atoms. The molecule has 0 unspecified atom stereocenters. The number of hydrogen-bond acceptors (Lipinski definition) is 4. The van der Waals surface area contributed by atoms with E-state index < -0.39 is 0 Å². The normalized spacial score (nSPS) is 26.8. The Morgan fingerprint density at radius 3 is 2.73 bits per heavy atom. The molecule has 1 amide bonds. The molecule has 0 bridgehead atoms. The third kappa shape index (κ3) is 2.31. The SMILES string of the molecule is COC[C@@]12CN(C(=O)c3c(C)nn4c(C)cc(C)nc34)C[C@@H]1C(C)(C)C2. The summed E-state index contributed by atoms with van der Waals surface area (Å²) >= 11 is 0. The summed E-state index contributed by atoms with van der Waals surface area (Å²) in [6, 6.07) is 1.99. The summed E-state index contributed by atoms with van der Waals surface area (Å²) in [5.74, 6) is 0.535. The van der Waals surface area contributed by atoms with E-state index in [9.17, 15) is 4.79 Å². The molecule has 6 heteroatoms. The zero-order valence-electron chi connectivity index (χ0n) is 16.6. The molecule has 2 fully saturated rings. The number of aryl methyl sites for hydroxylation is 3. The highest BCUT2D eigenvalue weighted by Gasteiger charge is 2.63. The Balaban J connectivity index is 1.71. The van der Waals surface area contributed by atoms with Crippen molar-refractivity contribution < 1.29 is 9.53 Å². The fourth-order valence-corrected chi connectivity index (χ4v) is 5.60. The number of ether oxygens (including phenoxy) is 1. The minimum atomic E-state index is 0.0516. The molecule has 1 aliphatic carbocycles. The van der Waals surface area contributed by atoms with Gasteiger partial charge in [-0.3, -0.25) is 4.79 Å². The fraction of sp³-hybridized carbons (Fsp3) is 0.650. The Morgan fingerprint density at radius 2 is 2.08 bits per heavy atom. The molecule has 3 heterocycles. The maximum atomic E-state index is 13.4. The average molecular weight is 356 g/mol. The molecule has 2 aliphatic rings. The van der Waals surface area contributed by atoms with Gasteiger partial charge in [-0.05, 0) is 44.6 Å². The molecule has 0 radical (unpaired) electrons. The van der Waals surface area contributed by atoms with Crippen LogP contribution in [0.4, 0.5) is 0 Å². The van der Waals surface area contributed by atoms with Crippen LogP contribution in [0.25, 0.3) is 5.65 Å². The molecule has 2 atom stereocenters. The number of carbonyl (C=O) groups is 1. The lowest BCUT2D eigenvalue weighted by atomic mass is 9.48. The van der Waals surface area contributed by atoms with Crippen LogP contribution < -0.4 is 0 Å². The Bertz CT molecular complexity index is 901. The van der Waals surface area contributed by atoms with Gasteiger partial charge in [0.25, 0.3) is 5.91 Å². The predicted octanol–water partition coefficient (Wildman–Crippen LogP) is 2.79. The fourth-order valence-electron chi connectivity index (χ4n) is 5.60. The van der Waals surface area contributed by atoms with E-state index in [0.29, 0.717) is 17.1 Å². The maximum Gasteiger partial charge on any atom is 0.259 e. The maximum absolute atomic E-state index is 13.4. The molecule has 0 aromatic carbocycles. The highest BCUT2D eigenvalue weighted by Crippen LogP contribution is 2.62. The Labute approximate surface area is 154 Å². The number of carbonyl (C=O) groups excluding carboxylic acids is 1. The van der Waals surface area contributed by atoms with E-state index in [0.717, 1.165) is 43.2 Å². The van der Waals surface area contributed by atoms with Crippen LogP contribution in [-0.4, -0.2) is 52.2 Å². The third-order valence-electron chi connectivity index (χ3n) is 6.40. The number of nitrogens with zero attached hydrogens (tertiary/aromatic N) is 4. The Morgan fingerprint density at radius 1 is 1.35 bits per heavy atom. The zero-order chi connectivity index (χ0) is 18.9. The minimum absolute atomic E-state index is 0.0516. The van der Waals surface area contributed by atoms with Gasteiger partial charge in [0.05, 0.1) is 12.3 Å². The quantitative estimate of drug-likeness (QED) is 0.848. The average Bonchev–Trinajstić information content (AvgIpc) is 3.03. The topological polar surface area (TPSA) is 59.7 Å². The number of likely N-dealkylation sites (tertiary alicyclic amines) is 1. The molecule has 0 spiro atoms. The van der Waals surface area contributed by atoms with Crippen LogP contribution in [0.2, 0.25) is 0 Å². The number of aromatic nitrogens is 3. The third-order valence-corrected chi connectivity index (χ3v) is 6.40. The molecule has 140 valence electrons. The van der Waals surface area contributed by atoms with Gasteiger partial charge in [0, 0.05) is 37.0 Å². The van der Waals surface area contributed by atoms with E-state index in [2.05, 4.69) is 23.9 Å². The largest absolute Gasteiger partial charge is 0.384 e. The molecular weight excluding hydrogens is 328 g/mol. The summed E-state index contributed by atoms with van der Waals surface area (Å²) in [6.45, 7) is 12.7. The van der Waals surface area contributed by atoms with E-state index in [1.807, 2.05) is 31.7 Å². The first kappa shape index (κ1) is 17.5. The van der Waals surface area contributed by atoms with Crippen molar-refractivity contribution in [1.82, 2.24) is 19.5 Å². The second kappa shape index (κ2) is 5.52. The van der Waals surface area contributed by atoms with Gasteiger partial charge in [0.2, 0.25) is 0 Å². The molecule has 1 saturated carbocycles. The molecular formula is C20H28N4O2. The van der Waals surface area contributed by atoms with E-state index in [-0.39, 0.29) is 16.7 Å². The molecule has 6 nitrogen and oxygen atoms in total. The number of methoxy groups -OCH3 is 1. The lowest BCUT2D eigenvalue weighted by Gasteiger charge is -2.56. The van der Waals surface area contributed by atoms with Gasteiger partial charge in [0.15, 0.2) is 5.65 Å². The van der Waals surface area contributed by atoms with Crippen LogP contribution >= 0.6 is 0 Å². The molecule has 2 aromatic rings. The van der Waals surface area contributed by atoms with E-state index in [4.69, 9.17) is 4.74 Å². The van der Waals surface area contributed by atoms with E-state index in [1.165, 1.54) is 0 Å². The molecule has 0 N–H and O–H groups in total. The van der Waals surface area contributed by atoms with Gasteiger partial charge in [-0.25, -0.2) is 9.50 Å². The molecule has 2 aromatic heterocycles. The first-order valence-electron chi connectivity index (χ1n) is 9.30. The van der Waals surface area contributed by atoms with Gasteiger partial charge in [-0.2, -0.15) is 5.10 Å². The van der Waals surface area contributed by atoms with Gasteiger partial charge < -0.3 is 9.64 Å². The van der Waals surface area contributed by atoms with Crippen molar-refractivity contribution >= 4 is 11.6 Å². The minimum Gasteiger partial charge on any atom is -0.384 e. The van der Waals surface area contributed by atoms with Crippen molar-refractivity contribution in [2.75, 3.05) is 26.8 Å². The molecule has 1 aliphatic heterocycles. The number of rotatable bonds is 3. The van der Waals surface area contributed by atoms with E-state index >= 15 is 0 Å². The first-order chi connectivity index (χ1) is 12.2. The smallest absolute Gasteiger partial charge is 0.259 e. The predicted molar refractivity (Wildman–Crippen MR) is 99.3 cm³/mol. The van der Waals surface area contributed by atoms with Crippen LogP contribution in [0.3, 0.4) is 0 Å². The Hall–Kier alpha value is -1.95. The van der Waals surface area contributed by atoms with Crippen LogP contribution in [0.1, 0.15) is 47.7 Å². The standard InChI is InChI=1S/C20H28N4O2/c1-12-7-13(2)24-17(21-12)16(14(3)22-24)18(25)23-8-15-19(4,5)9-20(15,10-23)11-26-6/h7,15H,8-11H2,1-6H3/t15-,20-/m1/s1. The summed E-state index contributed by atoms with van der Waals surface area (Å²) in [5, 5.41) is 4.56.